The van der Waals surface area contributed by atoms with Gasteiger partial charge >= 0.3 is 0 Å². The van der Waals surface area contributed by atoms with Gasteiger partial charge in [0.05, 0.1) is 0 Å². The molecule has 0 unspecified atom stereocenters. The van der Waals surface area contributed by atoms with Crippen molar-refractivity contribution in [3.63, 3.8) is 0 Å². The molecule has 0 atom stereocenters. The van der Waals surface area contributed by atoms with Gasteiger partial charge in [-0.25, -0.2) is 0 Å². The van der Waals surface area contributed by atoms with Crippen molar-refractivity contribution in [1.29, 1.82) is 0 Å². The maximum atomic E-state index is 5.49. The summed E-state index contributed by atoms with van der Waals surface area (Å²) in [5, 5.41) is 0. The van der Waals surface area contributed by atoms with Gasteiger partial charge in [0.15, 0.2) is 0 Å². The second kappa shape index (κ2) is 8.27. The average molecular weight is 301 g/mol. The minimum absolute atomic E-state index is 0. The standard InChI is InChI=1S/2C7H8N.Y/c2*1-6-4-2-3-5-7(6)8;/h2*2,4-5H,8H2,1H3;/q2*-1;. The van der Waals surface area contributed by atoms with E-state index in [1.54, 1.807) is 12.1 Å². The maximum absolute atomic E-state index is 5.49. The molecule has 2 nitrogen and oxygen atoms in total. The van der Waals surface area contributed by atoms with Crippen LogP contribution in [-0.4, -0.2) is 0 Å². The van der Waals surface area contributed by atoms with Crippen molar-refractivity contribution < 1.29 is 32.7 Å². The SMILES string of the molecule is Cc1cc[c-]cc1N.Cc1cc[c-]cc1N.[Y]. The van der Waals surface area contributed by atoms with Crippen LogP contribution in [0.15, 0.2) is 36.4 Å². The Morgan fingerprint density at radius 1 is 0.824 bits per heavy atom. The van der Waals surface area contributed by atoms with E-state index in [0.29, 0.717) is 0 Å². The Kier molecular flexibility index (Phi) is 7.85. The van der Waals surface area contributed by atoms with Gasteiger partial charge < -0.3 is 11.5 Å². The number of hydrogen-bond donors (Lipinski definition) is 2. The van der Waals surface area contributed by atoms with E-state index in [-0.39, 0.29) is 32.7 Å². The zero-order valence-electron chi connectivity index (χ0n) is 10.2. The molecule has 4 N–H and O–H groups in total. The molecule has 87 valence electrons. The number of rotatable bonds is 0. The summed E-state index contributed by atoms with van der Waals surface area (Å²) in [5.41, 5.74) is 14.8. The van der Waals surface area contributed by atoms with Gasteiger partial charge in [-0.15, -0.1) is 11.1 Å². The summed E-state index contributed by atoms with van der Waals surface area (Å²) in [7, 11) is 0. The molecule has 17 heavy (non-hydrogen) atoms. The third kappa shape index (κ3) is 5.85. The van der Waals surface area contributed by atoms with E-state index < -0.39 is 0 Å². The number of nitrogen functional groups attached to an aromatic ring is 2. The Bertz CT molecular complexity index is 370. The predicted octanol–water partition coefficient (Wildman–Crippen LogP) is 2.75. The molecule has 2 aromatic rings. The fourth-order valence-corrected chi connectivity index (χ4v) is 1.04. The second-order valence-corrected chi connectivity index (χ2v) is 3.57. The zero-order valence-corrected chi connectivity index (χ0v) is 13.0. The van der Waals surface area contributed by atoms with E-state index >= 15 is 0 Å². The minimum atomic E-state index is 0. The molecule has 0 fully saturated rings. The first-order valence-electron chi connectivity index (χ1n) is 5.05. The van der Waals surface area contributed by atoms with Gasteiger partial charge in [0.2, 0.25) is 0 Å². The van der Waals surface area contributed by atoms with E-state index in [1.807, 2.05) is 38.1 Å². The largest absolute Gasteiger partial charge is 0.449 e. The fraction of sp³-hybridized carbons (Fsp3) is 0.143. The molecule has 0 saturated carbocycles. The van der Waals surface area contributed by atoms with E-state index in [2.05, 4.69) is 12.1 Å². The van der Waals surface area contributed by atoms with Crippen LogP contribution in [0.25, 0.3) is 0 Å². The molecule has 2 rings (SSSR count). The fourth-order valence-electron chi connectivity index (χ4n) is 1.04. The molecule has 0 aliphatic carbocycles. The summed E-state index contributed by atoms with van der Waals surface area (Å²) in [6, 6.07) is 16.9. The molecule has 0 bridgehead atoms. The van der Waals surface area contributed by atoms with Crippen molar-refractivity contribution in [3.05, 3.63) is 59.7 Å². The first kappa shape index (κ1) is 16.1. The van der Waals surface area contributed by atoms with Crippen LogP contribution in [0.3, 0.4) is 0 Å². The third-order valence-electron chi connectivity index (χ3n) is 2.25. The Morgan fingerprint density at radius 2 is 1.18 bits per heavy atom. The van der Waals surface area contributed by atoms with Crippen LogP contribution >= 0.6 is 0 Å². The third-order valence-corrected chi connectivity index (χ3v) is 2.25. The van der Waals surface area contributed by atoms with E-state index in [0.717, 1.165) is 22.5 Å². The summed E-state index contributed by atoms with van der Waals surface area (Å²) >= 11 is 0. The molecule has 1 radical (unpaired) electrons. The molecule has 3 heteroatoms. The molecule has 0 saturated heterocycles. The molecular weight excluding hydrogens is 285 g/mol. The molecule has 2 aromatic carbocycles. The number of nitrogens with two attached hydrogens (primary N) is 2. The van der Waals surface area contributed by atoms with Crippen molar-refractivity contribution in [3.8, 4) is 0 Å². The first-order valence-corrected chi connectivity index (χ1v) is 5.05. The Morgan fingerprint density at radius 3 is 1.35 bits per heavy atom. The minimum Gasteiger partial charge on any atom is -0.449 e. The molecule has 0 amide bonds. The zero-order chi connectivity index (χ0) is 12.0. The normalized spacial score (nSPS) is 8.59. The van der Waals surface area contributed by atoms with Crippen molar-refractivity contribution in [1.82, 2.24) is 0 Å². The van der Waals surface area contributed by atoms with Crippen LogP contribution in [-0.2, 0) is 32.7 Å². The topological polar surface area (TPSA) is 52.0 Å². The van der Waals surface area contributed by atoms with Crippen LogP contribution in [0.5, 0.6) is 0 Å². The molecule has 0 spiro atoms. The van der Waals surface area contributed by atoms with Crippen LogP contribution in [0.2, 0.25) is 0 Å². The van der Waals surface area contributed by atoms with E-state index in [1.165, 1.54) is 0 Å². The molecule has 0 aliphatic rings. The average Bonchev–Trinajstić information content (AvgIpc) is 2.28. The van der Waals surface area contributed by atoms with Crippen molar-refractivity contribution in [2.45, 2.75) is 13.8 Å². The first-order chi connectivity index (χ1) is 7.61. The van der Waals surface area contributed by atoms with Gasteiger partial charge in [0.25, 0.3) is 0 Å². The van der Waals surface area contributed by atoms with Crippen LogP contribution in [0.4, 0.5) is 11.4 Å². The van der Waals surface area contributed by atoms with E-state index in [9.17, 15) is 0 Å². The summed E-state index contributed by atoms with van der Waals surface area (Å²) < 4.78 is 0. The quantitative estimate of drug-likeness (QED) is 0.581. The predicted molar refractivity (Wildman–Crippen MR) is 68.9 cm³/mol. The summed E-state index contributed by atoms with van der Waals surface area (Å²) in [6.07, 6.45) is 0. The molecular formula is C14H16N2Y-2. The van der Waals surface area contributed by atoms with Gasteiger partial charge in [-0.05, 0) is 0 Å². The summed E-state index contributed by atoms with van der Waals surface area (Å²) in [4.78, 5) is 0. The molecule has 0 aliphatic heterocycles. The van der Waals surface area contributed by atoms with Crippen molar-refractivity contribution >= 4 is 11.4 Å². The van der Waals surface area contributed by atoms with Crippen LogP contribution in [0.1, 0.15) is 11.1 Å². The van der Waals surface area contributed by atoms with Crippen molar-refractivity contribution in [2.75, 3.05) is 11.5 Å². The molecule has 0 aromatic heterocycles. The van der Waals surface area contributed by atoms with E-state index in [4.69, 9.17) is 11.5 Å². The van der Waals surface area contributed by atoms with Crippen LogP contribution < -0.4 is 11.5 Å². The smallest absolute Gasteiger partial charge is 0 e. The second-order valence-electron chi connectivity index (χ2n) is 3.57. The Balaban J connectivity index is 0.000000284. The van der Waals surface area contributed by atoms with Gasteiger partial charge in [0.1, 0.15) is 0 Å². The Labute approximate surface area is 128 Å². The van der Waals surface area contributed by atoms with Gasteiger partial charge in [0, 0.05) is 32.7 Å². The van der Waals surface area contributed by atoms with Gasteiger partial charge in [-0.1, -0.05) is 25.2 Å². The monoisotopic (exact) mass is 301 g/mol. The molecule has 0 heterocycles. The maximum Gasteiger partial charge on any atom is 0 e. The number of hydrogen-bond acceptors (Lipinski definition) is 2. The summed E-state index contributed by atoms with van der Waals surface area (Å²) in [6.45, 7) is 3.95. The van der Waals surface area contributed by atoms with Crippen LogP contribution in [0, 0.1) is 26.0 Å². The van der Waals surface area contributed by atoms with Gasteiger partial charge in [-0.3, -0.25) is 0 Å². The number of benzene rings is 2. The Hall–Kier alpha value is -0.856. The van der Waals surface area contributed by atoms with Gasteiger partial charge in [-0.2, -0.15) is 48.5 Å². The number of anilines is 2. The number of aryl methyl sites for hydroxylation is 2. The van der Waals surface area contributed by atoms with Crippen molar-refractivity contribution in [2.24, 2.45) is 0 Å². The summed E-state index contributed by atoms with van der Waals surface area (Å²) in [5.74, 6) is 0.